The fraction of sp³-hybridized carbons (Fsp3) is 0.262. The van der Waals surface area contributed by atoms with Crippen LogP contribution in [0.15, 0.2) is 116 Å². The summed E-state index contributed by atoms with van der Waals surface area (Å²) in [6.07, 6.45) is 6.20. The van der Waals surface area contributed by atoms with Crippen LogP contribution < -0.4 is 5.32 Å². The smallest absolute Gasteiger partial charge is 0.334 e. The number of nitrogens with zero attached hydrogens (tertiary/aromatic N) is 7. The molecule has 2 N–H and O–H groups in total. The van der Waals surface area contributed by atoms with Gasteiger partial charge in [0.05, 0.1) is 24.2 Å². The summed E-state index contributed by atoms with van der Waals surface area (Å²) in [4.78, 5) is 65.6. The van der Waals surface area contributed by atoms with Crippen molar-refractivity contribution in [3.8, 4) is 5.75 Å². The number of pyridine rings is 1. The number of hydrogen-bond donors (Lipinski definition) is 2. The van der Waals surface area contributed by atoms with Crippen molar-refractivity contribution < 1.29 is 24.3 Å². The lowest BCUT2D eigenvalue weighted by Crippen LogP contribution is -2.76. The van der Waals surface area contributed by atoms with Crippen molar-refractivity contribution in [2.75, 3.05) is 26.7 Å². The average molecular weight is 741 g/mol. The molecule has 7 rings (SSSR count). The number of amides is 5. The van der Waals surface area contributed by atoms with Crippen LogP contribution in [0.4, 0.5) is 4.79 Å². The Morgan fingerprint density at radius 2 is 1.71 bits per heavy atom. The summed E-state index contributed by atoms with van der Waals surface area (Å²) in [7, 11) is 3.64. The molecule has 3 aromatic carbocycles. The van der Waals surface area contributed by atoms with E-state index in [1.54, 1.807) is 74.5 Å². The minimum absolute atomic E-state index is 0.0460. The fourth-order valence-electron chi connectivity index (χ4n) is 7.65. The second-order valence-corrected chi connectivity index (χ2v) is 14.0. The number of fused-ring (bicyclic) bond motifs is 2. The molecule has 0 unspecified atom stereocenters. The zero-order valence-corrected chi connectivity index (χ0v) is 30.9. The molecule has 2 aliphatic rings. The van der Waals surface area contributed by atoms with E-state index < -0.39 is 18.2 Å². The summed E-state index contributed by atoms with van der Waals surface area (Å²) >= 11 is 0. The second-order valence-electron chi connectivity index (χ2n) is 14.0. The van der Waals surface area contributed by atoms with Crippen LogP contribution in [0.5, 0.6) is 5.75 Å². The van der Waals surface area contributed by atoms with E-state index >= 15 is 0 Å². The number of aryl methyl sites for hydroxylation is 1. The minimum Gasteiger partial charge on any atom is -0.508 e. The number of carbonyl (C=O) groups excluding carboxylic acids is 4. The summed E-state index contributed by atoms with van der Waals surface area (Å²) in [5, 5.41) is 17.0. The molecule has 282 valence electrons. The number of aromatic nitrogens is 2. The van der Waals surface area contributed by atoms with Gasteiger partial charge in [-0.3, -0.25) is 19.4 Å². The first kappa shape index (κ1) is 36.9. The Hall–Kier alpha value is -6.47. The normalized spacial score (nSPS) is 17.3. The SMILES string of the molecule is C=CCN1CC(=O)N2[C@@H](Cc3ccc(O)cc3)C(=O)N(Cc3cccc4c(C(=O)N(C)Cc5ccncc5)cn(C)c34)C[C@@H]2N1C(=O)NCc1ccccc1. The van der Waals surface area contributed by atoms with Crippen LogP contribution in [0.3, 0.4) is 0 Å². The Kier molecular flexibility index (Phi) is 10.6. The lowest BCUT2D eigenvalue weighted by atomic mass is 9.98. The zero-order chi connectivity index (χ0) is 38.6. The summed E-state index contributed by atoms with van der Waals surface area (Å²) in [6, 6.07) is 24.3. The Balaban J connectivity index is 1.23. The average Bonchev–Trinajstić information content (AvgIpc) is 3.53. The molecule has 2 fully saturated rings. The molecule has 0 bridgehead atoms. The molecule has 5 amide bonds. The highest BCUT2D eigenvalue weighted by Gasteiger charge is 2.51. The molecule has 0 aliphatic carbocycles. The van der Waals surface area contributed by atoms with E-state index in [0.29, 0.717) is 12.1 Å². The molecule has 0 radical (unpaired) electrons. The van der Waals surface area contributed by atoms with Gasteiger partial charge in [-0.1, -0.05) is 66.7 Å². The maximum atomic E-state index is 14.7. The van der Waals surface area contributed by atoms with Crippen molar-refractivity contribution in [3.63, 3.8) is 0 Å². The number of rotatable bonds is 11. The van der Waals surface area contributed by atoms with E-state index in [-0.39, 0.29) is 62.6 Å². The van der Waals surface area contributed by atoms with Crippen LogP contribution in [-0.2, 0) is 42.7 Å². The van der Waals surface area contributed by atoms with E-state index in [0.717, 1.165) is 33.2 Å². The third-order valence-electron chi connectivity index (χ3n) is 10.2. The Bertz CT molecular complexity index is 2210. The number of carbonyl (C=O) groups is 4. The van der Waals surface area contributed by atoms with Gasteiger partial charge in [-0.15, -0.1) is 6.58 Å². The molecule has 4 heterocycles. The third kappa shape index (κ3) is 7.64. The predicted molar refractivity (Wildman–Crippen MR) is 207 cm³/mol. The highest BCUT2D eigenvalue weighted by atomic mass is 16.3. The summed E-state index contributed by atoms with van der Waals surface area (Å²) in [5.41, 5.74) is 4.78. The Morgan fingerprint density at radius 1 is 0.964 bits per heavy atom. The van der Waals surface area contributed by atoms with E-state index in [1.807, 2.05) is 78.5 Å². The number of aromatic hydroxyl groups is 1. The second kappa shape index (κ2) is 15.9. The maximum absolute atomic E-state index is 14.7. The highest BCUT2D eigenvalue weighted by molar-refractivity contribution is 6.07. The molecule has 13 heteroatoms. The number of hydrogen-bond acceptors (Lipinski definition) is 7. The predicted octanol–water partition coefficient (Wildman–Crippen LogP) is 4.29. The lowest BCUT2D eigenvalue weighted by Gasteiger charge is -2.55. The van der Waals surface area contributed by atoms with Gasteiger partial charge in [0.15, 0.2) is 0 Å². The number of urea groups is 1. The van der Waals surface area contributed by atoms with Crippen LogP contribution in [-0.4, -0.2) is 102 Å². The van der Waals surface area contributed by atoms with Crippen molar-refractivity contribution in [2.45, 2.75) is 38.3 Å². The molecule has 0 saturated carbocycles. The van der Waals surface area contributed by atoms with Crippen LogP contribution in [0.1, 0.15) is 32.6 Å². The van der Waals surface area contributed by atoms with Crippen molar-refractivity contribution in [2.24, 2.45) is 7.05 Å². The molecule has 2 aromatic heterocycles. The van der Waals surface area contributed by atoms with Gasteiger partial charge in [0.2, 0.25) is 11.8 Å². The fourth-order valence-corrected chi connectivity index (χ4v) is 7.65. The quantitative estimate of drug-likeness (QED) is 0.193. The number of para-hydroxylation sites is 1. The first-order valence-corrected chi connectivity index (χ1v) is 18.2. The first-order chi connectivity index (χ1) is 26.6. The molecule has 55 heavy (non-hydrogen) atoms. The molecular formula is C42H44N8O5. The minimum atomic E-state index is -0.933. The van der Waals surface area contributed by atoms with Gasteiger partial charge < -0.3 is 29.7 Å². The number of piperazine rings is 1. The van der Waals surface area contributed by atoms with Gasteiger partial charge in [-0.05, 0) is 46.5 Å². The Labute approximate surface area is 319 Å². The van der Waals surface area contributed by atoms with Gasteiger partial charge >= 0.3 is 6.03 Å². The summed E-state index contributed by atoms with van der Waals surface area (Å²) in [5.74, 6) is -0.595. The molecule has 0 spiro atoms. The number of phenolic OH excluding ortho intramolecular Hbond substituents is 1. The van der Waals surface area contributed by atoms with E-state index in [2.05, 4.69) is 16.9 Å². The highest BCUT2D eigenvalue weighted by Crippen LogP contribution is 2.32. The van der Waals surface area contributed by atoms with E-state index in [1.165, 1.54) is 0 Å². The molecule has 5 aromatic rings. The van der Waals surface area contributed by atoms with Gasteiger partial charge in [0, 0.05) is 70.7 Å². The first-order valence-electron chi connectivity index (χ1n) is 18.2. The van der Waals surface area contributed by atoms with Crippen molar-refractivity contribution in [1.29, 1.82) is 0 Å². The largest absolute Gasteiger partial charge is 0.508 e. The monoisotopic (exact) mass is 740 g/mol. The van der Waals surface area contributed by atoms with Crippen molar-refractivity contribution in [1.82, 2.24) is 39.6 Å². The molecule has 2 saturated heterocycles. The van der Waals surface area contributed by atoms with Crippen molar-refractivity contribution in [3.05, 3.63) is 144 Å². The van der Waals surface area contributed by atoms with Gasteiger partial charge in [-0.2, -0.15) is 0 Å². The topological polar surface area (TPSA) is 135 Å². The number of benzene rings is 3. The Morgan fingerprint density at radius 3 is 2.44 bits per heavy atom. The number of phenols is 1. The maximum Gasteiger partial charge on any atom is 0.334 e. The zero-order valence-electron chi connectivity index (χ0n) is 30.9. The molecule has 2 aliphatic heterocycles. The molecular weight excluding hydrogens is 697 g/mol. The van der Waals surface area contributed by atoms with Crippen LogP contribution in [0.2, 0.25) is 0 Å². The standard InChI is InChI=1S/C42H44N8O5/c1-4-21-48-28-38(52)49-36(22-29-13-15-33(51)16-14-29)41(54)47(27-37(49)50(48)42(55)44-23-30-9-6-5-7-10-30)25-32-11-8-12-34-35(26-45(2)39(32)34)40(53)46(3)24-31-17-19-43-20-18-31/h4-20,26,36-37,51H,1,21-25,27-28H2,2-3H3,(H,44,55)/t36-,37-/m0/s1. The van der Waals surface area contributed by atoms with E-state index in [4.69, 9.17) is 0 Å². The lowest BCUT2D eigenvalue weighted by molar-refractivity contribution is -0.189. The van der Waals surface area contributed by atoms with Gasteiger partial charge in [0.25, 0.3) is 5.91 Å². The van der Waals surface area contributed by atoms with Crippen LogP contribution >= 0.6 is 0 Å². The van der Waals surface area contributed by atoms with E-state index in [9.17, 15) is 24.3 Å². The van der Waals surface area contributed by atoms with Crippen molar-refractivity contribution >= 4 is 34.7 Å². The summed E-state index contributed by atoms with van der Waals surface area (Å²) in [6.45, 7) is 4.89. The number of nitrogens with one attached hydrogen (secondary N) is 1. The molecule has 13 nitrogen and oxygen atoms in total. The number of hydrazine groups is 1. The third-order valence-corrected chi connectivity index (χ3v) is 10.2. The van der Waals surface area contributed by atoms with Crippen LogP contribution in [0, 0.1) is 0 Å². The van der Waals surface area contributed by atoms with Crippen LogP contribution in [0.25, 0.3) is 10.9 Å². The molecule has 2 atom stereocenters. The van der Waals surface area contributed by atoms with Gasteiger partial charge in [0.1, 0.15) is 18.0 Å². The van der Waals surface area contributed by atoms with Gasteiger partial charge in [-0.25, -0.2) is 14.8 Å². The summed E-state index contributed by atoms with van der Waals surface area (Å²) < 4.78 is 1.91.